The Morgan fingerprint density at radius 2 is 1.75 bits per heavy atom. The van der Waals surface area contributed by atoms with Crippen LogP contribution in [0.15, 0.2) is 54.6 Å². The molecule has 0 aliphatic carbocycles. The summed E-state index contributed by atoms with van der Waals surface area (Å²) < 4.78 is 13.9. The lowest BCUT2D eigenvalue weighted by Gasteiger charge is -2.27. The van der Waals surface area contributed by atoms with Crippen LogP contribution < -0.4 is 5.32 Å². The van der Waals surface area contributed by atoms with Crippen LogP contribution in [-0.2, 0) is 16.9 Å². The van der Waals surface area contributed by atoms with Gasteiger partial charge >= 0.3 is 5.97 Å². The zero-order valence-electron chi connectivity index (χ0n) is 11.1. The molecule has 0 heterocycles. The molecule has 2 rings (SSSR count). The largest absolute Gasteiger partial charge is 0.480 e. The summed E-state index contributed by atoms with van der Waals surface area (Å²) in [6.45, 7) is 1.81. The third-order valence-electron chi connectivity index (χ3n) is 3.33. The van der Waals surface area contributed by atoms with Gasteiger partial charge in [0.15, 0.2) is 0 Å². The first-order valence-electron chi connectivity index (χ1n) is 6.31. The minimum atomic E-state index is -1.47. The number of carboxylic acid groups (broad SMARTS) is 1. The SMILES string of the molecule is CC(NCc1ccccc1)(C(=O)O)c1ccccc1F. The van der Waals surface area contributed by atoms with Crippen LogP contribution in [0, 0.1) is 5.82 Å². The fourth-order valence-corrected chi connectivity index (χ4v) is 2.03. The standard InChI is InChI=1S/C16H16FNO2/c1-16(15(19)20,13-9-5-6-10-14(13)17)18-11-12-7-3-2-4-8-12/h2-10,18H,11H2,1H3,(H,19,20). The molecule has 0 amide bonds. The van der Waals surface area contributed by atoms with Crippen LogP contribution in [0.4, 0.5) is 4.39 Å². The van der Waals surface area contributed by atoms with Crippen LogP contribution in [0.5, 0.6) is 0 Å². The fourth-order valence-electron chi connectivity index (χ4n) is 2.03. The molecular formula is C16H16FNO2. The Labute approximate surface area is 117 Å². The summed E-state index contributed by atoms with van der Waals surface area (Å²) in [4.78, 5) is 11.6. The van der Waals surface area contributed by atoms with Crippen LogP contribution in [0.3, 0.4) is 0 Å². The third-order valence-corrected chi connectivity index (χ3v) is 3.33. The van der Waals surface area contributed by atoms with Gasteiger partial charge in [-0.05, 0) is 18.6 Å². The molecule has 3 nitrogen and oxygen atoms in total. The van der Waals surface area contributed by atoms with Crippen molar-refractivity contribution in [2.75, 3.05) is 0 Å². The minimum absolute atomic E-state index is 0.128. The lowest BCUT2D eigenvalue weighted by atomic mass is 9.91. The van der Waals surface area contributed by atoms with Crippen LogP contribution in [0.25, 0.3) is 0 Å². The second-order valence-corrected chi connectivity index (χ2v) is 4.75. The molecule has 0 saturated carbocycles. The van der Waals surface area contributed by atoms with Crippen molar-refractivity contribution < 1.29 is 14.3 Å². The number of rotatable bonds is 5. The highest BCUT2D eigenvalue weighted by Crippen LogP contribution is 2.24. The molecule has 0 spiro atoms. The predicted molar refractivity (Wildman–Crippen MR) is 74.7 cm³/mol. The molecule has 2 N–H and O–H groups in total. The quantitative estimate of drug-likeness (QED) is 0.880. The Kier molecular flexibility index (Phi) is 4.15. The molecule has 4 heteroatoms. The average Bonchev–Trinajstić information content (AvgIpc) is 2.46. The summed E-state index contributed by atoms with van der Waals surface area (Å²) in [6, 6.07) is 15.3. The molecular weight excluding hydrogens is 257 g/mol. The first kappa shape index (κ1) is 14.2. The van der Waals surface area contributed by atoms with Gasteiger partial charge in [0.1, 0.15) is 11.4 Å². The third kappa shape index (κ3) is 2.86. The monoisotopic (exact) mass is 273 g/mol. The second kappa shape index (κ2) is 5.84. The topological polar surface area (TPSA) is 49.3 Å². The molecule has 2 aromatic carbocycles. The maximum absolute atomic E-state index is 13.9. The van der Waals surface area contributed by atoms with Crippen molar-refractivity contribution in [2.45, 2.75) is 19.0 Å². The van der Waals surface area contributed by atoms with E-state index in [4.69, 9.17) is 0 Å². The lowest BCUT2D eigenvalue weighted by Crippen LogP contribution is -2.46. The number of benzene rings is 2. The summed E-state index contributed by atoms with van der Waals surface area (Å²) in [5.74, 6) is -1.64. The Morgan fingerprint density at radius 3 is 2.35 bits per heavy atom. The molecule has 1 atom stereocenters. The van der Waals surface area contributed by atoms with Crippen molar-refractivity contribution in [1.29, 1.82) is 0 Å². The van der Waals surface area contributed by atoms with E-state index in [0.29, 0.717) is 6.54 Å². The van der Waals surface area contributed by atoms with Gasteiger partial charge in [0.2, 0.25) is 0 Å². The maximum Gasteiger partial charge on any atom is 0.328 e. The molecule has 104 valence electrons. The van der Waals surface area contributed by atoms with Crippen LogP contribution in [0.1, 0.15) is 18.1 Å². The van der Waals surface area contributed by atoms with Gasteiger partial charge < -0.3 is 5.11 Å². The van der Waals surface area contributed by atoms with E-state index >= 15 is 0 Å². The van der Waals surface area contributed by atoms with E-state index in [0.717, 1.165) is 5.56 Å². The Bertz CT molecular complexity index is 600. The summed E-state index contributed by atoms with van der Waals surface area (Å²) in [5.41, 5.74) is -0.402. The summed E-state index contributed by atoms with van der Waals surface area (Å²) in [7, 11) is 0. The normalized spacial score (nSPS) is 13.7. The Morgan fingerprint density at radius 1 is 1.15 bits per heavy atom. The van der Waals surface area contributed by atoms with E-state index in [9.17, 15) is 14.3 Å². The van der Waals surface area contributed by atoms with E-state index in [-0.39, 0.29) is 5.56 Å². The van der Waals surface area contributed by atoms with Crippen LogP contribution in [-0.4, -0.2) is 11.1 Å². The van der Waals surface area contributed by atoms with E-state index in [1.807, 2.05) is 30.3 Å². The molecule has 2 aromatic rings. The highest BCUT2D eigenvalue weighted by atomic mass is 19.1. The number of carbonyl (C=O) groups is 1. The molecule has 20 heavy (non-hydrogen) atoms. The average molecular weight is 273 g/mol. The molecule has 0 fully saturated rings. The molecule has 0 radical (unpaired) electrons. The van der Waals surface area contributed by atoms with E-state index in [1.54, 1.807) is 6.07 Å². The highest BCUT2D eigenvalue weighted by molar-refractivity contribution is 5.80. The van der Waals surface area contributed by atoms with Crippen molar-refractivity contribution in [3.05, 3.63) is 71.5 Å². The molecule has 0 bridgehead atoms. The van der Waals surface area contributed by atoms with Crippen molar-refractivity contribution in [2.24, 2.45) is 0 Å². The zero-order chi connectivity index (χ0) is 14.6. The fraction of sp³-hybridized carbons (Fsp3) is 0.188. The minimum Gasteiger partial charge on any atom is -0.480 e. The van der Waals surface area contributed by atoms with Gasteiger partial charge in [0.05, 0.1) is 0 Å². The second-order valence-electron chi connectivity index (χ2n) is 4.75. The van der Waals surface area contributed by atoms with Gasteiger partial charge in [-0.1, -0.05) is 48.5 Å². The van der Waals surface area contributed by atoms with Crippen molar-refractivity contribution >= 4 is 5.97 Å². The van der Waals surface area contributed by atoms with E-state index in [1.165, 1.54) is 25.1 Å². The number of carboxylic acids is 1. The number of hydrogen-bond donors (Lipinski definition) is 2. The maximum atomic E-state index is 13.9. The van der Waals surface area contributed by atoms with Gasteiger partial charge in [-0.3, -0.25) is 5.32 Å². The number of halogens is 1. The summed E-state index contributed by atoms with van der Waals surface area (Å²) in [5, 5.41) is 12.4. The van der Waals surface area contributed by atoms with Crippen molar-refractivity contribution in [3.63, 3.8) is 0 Å². The number of nitrogens with one attached hydrogen (secondary N) is 1. The molecule has 0 aliphatic heterocycles. The van der Waals surface area contributed by atoms with Crippen LogP contribution in [0.2, 0.25) is 0 Å². The van der Waals surface area contributed by atoms with Crippen molar-refractivity contribution in [3.8, 4) is 0 Å². The Balaban J connectivity index is 2.27. The smallest absolute Gasteiger partial charge is 0.328 e. The van der Waals surface area contributed by atoms with Gasteiger partial charge in [0, 0.05) is 12.1 Å². The molecule has 0 saturated heterocycles. The predicted octanol–water partition coefficient (Wildman–Crippen LogP) is 2.92. The van der Waals surface area contributed by atoms with Gasteiger partial charge in [0.25, 0.3) is 0 Å². The summed E-state index contributed by atoms with van der Waals surface area (Å²) in [6.07, 6.45) is 0. The van der Waals surface area contributed by atoms with E-state index in [2.05, 4.69) is 5.32 Å². The van der Waals surface area contributed by atoms with Gasteiger partial charge in [-0.2, -0.15) is 0 Å². The Hall–Kier alpha value is -2.20. The van der Waals surface area contributed by atoms with Gasteiger partial charge in [-0.15, -0.1) is 0 Å². The van der Waals surface area contributed by atoms with Gasteiger partial charge in [-0.25, -0.2) is 9.18 Å². The molecule has 0 aliphatic rings. The molecule has 0 aromatic heterocycles. The molecule has 1 unspecified atom stereocenters. The first-order chi connectivity index (χ1) is 9.54. The lowest BCUT2D eigenvalue weighted by molar-refractivity contribution is -0.144. The van der Waals surface area contributed by atoms with E-state index < -0.39 is 17.3 Å². The van der Waals surface area contributed by atoms with Crippen molar-refractivity contribution in [1.82, 2.24) is 5.32 Å². The number of aliphatic carboxylic acids is 1. The van der Waals surface area contributed by atoms with Crippen LogP contribution >= 0.6 is 0 Å². The summed E-state index contributed by atoms with van der Waals surface area (Å²) >= 11 is 0. The first-order valence-corrected chi connectivity index (χ1v) is 6.31. The zero-order valence-corrected chi connectivity index (χ0v) is 11.1. The highest BCUT2D eigenvalue weighted by Gasteiger charge is 2.36. The number of hydrogen-bond acceptors (Lipinski definition) is 2.